The van der Waals surface area contributed by atoms with Gasteiger partial charge in [0.1, 0.15) is 22.7 Å². The second kappa shape index (κ2) is 39.7. The van der Waals surface area contributed by atoms with Crippen LogP contribution in [0, 0.1) is 125 Å². The van der Waals surface area contributed by atoms with Crippen molar-refractivity contribution in [1.82, 2.24) is 19.9 Å². The first kappa shape index (κ1) is 93.7. The average molecular weight is 2110 g/mol. The summed E-state index contributed by atoms with van der Waals surface area (Å²) in [6, 6.07) is 75.7. The lowest BCUT2D eigenvalue weighted by molar-refractivity contribution is 0.575. The maximum Gasteiger partial charge on any atom is 0.152 e. The van der Waals surface area contributed by atoms with Crippen LogP contribution in [0.2, 0.25) is 0 Å². The second-order valence-corrected chi connectivity index (χ2v) is 56.6. The Kier molecular flexibility index (Phi) is 27.6. The van der Waals surface area contributed by atoms with Gasteiger partial charge in [-0.3, -0.25) is 0 Å². The Morgan fingerprint density at radius 2 is 0.533 bits per heavy atom. The summed E-state index contributed by atoms with van der Waals surface area (Å²) in [6.45, 7) is 38.1. The highest BCUT2D eigenvalue weighted by molar-refractivity contribution is 7.43. The maximum atomic E-state index is 5.54. The largest absolute Gasteiger partial charge is 0.461 e. The van der Waals surface area contributed by atoms with Gasteiger partial charge in [-0.15, -0.1) is 215 Å². The standard InChI is InChI=1S/C18H12S3.C16H12S2.C14H12S3.C12H10O2.C12H10S2.C10H8N2S2.C10H8S3.C10H10S2.C8H8N2S2/c1-9-3-5-11-13(7-9)19-17-15(11)21-16-12-6-4-10(2)8-14(12)20-18(16)17;1-9-3-13-5-11-8-16-14(4-10(2)18-16)6-12(11)7-15(13)17-9;1-9-3-5-11(15-9)13-7-8-14(17-13)12-6-4-10(2)16-12;2*1-7-3-9-5-12-10(4-8(2)14-12)6-11(9)13-7;1-5-11-7-3-10-8(4-9(7)13-5)12-6(2)14-10;1-5-3-7-9(11-5)10-8(13-7)4-6(2)12-10;1-7-3-5-9(11-7)10-6-4-8(2)12-10;1-5-3-9-7(11-5)8-10-4-6(2)12-8/h3-8H,1-2H3;3-8H,1-2H3;3-8H,1-2H3;2*3-6H,1-2H3;3-4H,1-2H3;3-4H,1-2H3;3-6H,1-2H3;3-4H,1-2H3. The molecule has 0 saturated carbocycles. The molecular formula is C110H90N4O2S19. The van der Waals surface area contributed by atoms with Crippen molar-refractivity contribution in [2.75, 3.05) is 0 Å². The minimum absolute atomic E-state index is 0.927. The lowest BCUT2D eigenvalue weighted by Crippen LogP contribution is -1.72. The predicted molar refractivity (Wildman–Crippen MR) is 623 cm³/mol. The molecule has 6 nitrogen and oxygen atoms in total. The van der Waals surface area contributed by atoms with E-state index in [4.69, 9.17) is 8.83 Å². The zero-order chi connectivity index (χ0) is 93.5. The lowest BCUT2D eigenvalue weighted by atomic mass is 10.1. The Morgan fingerprint density at radius 3 is 0.881 bits per heavy atom. The van der Waals surface area contributed by atoms with E-state index in [1.165, 1.54) is 217 Å². The van der Waals surface area contributed by atoms with Crippen LogP contribution in [0.1, 0.15) is 91.2 Å². The molecule has 0 fully saturated rings. The van der Waals surface area contributed by atoms with Crippen molar-refractivity contribution in [2.45, 2.75) is 125 Å². The summed E-state index contributed by atoms with van der Waals surface area (Å²) in [7, 11) is 0. The van der Waals surface area contributed by atoms with E-state index >= 15 is 0 Å². The van der Waals surface area contributed by atoms with E-state index in [1.54, 1.807) is 45.3 Å². The zero-order valence-corrected chi connectivity index (χ0v) is 92.7. The first-order valence-corrected chi connectivity index (χ1v) is 59.2. The van der Waals surface area contributed by atoms with Gasteiger partial charge < -0.3 is 8.83 Å². The number of hydrogen-bond acceptors (Lipinski definition) is 25. The molecule has 25 heteroatoms. The lowest BCUT2D eigenvalue weighted by Gasteiger charge is -1.99. The number of aromatic nitrogens is 4. The number of thiophene rings is 15. The van der Waals surface area contributed by atoms with Gasteiger partial charge in [0.25, 0.3) is 0 Å². The van der Waals surface area contributed by atoms with E-state index in [9.17, 15) is 0 Å². The molecule has 28 rings (SSSR count). The van der Waals surface area contributed by atoms with Crippen LogP contribution in [0.25, 0.3) is 191 Å². The highest BCUT2D eigenvalue weighted by atomic mass is 32.2. The monoisotopic (exact) mass is 2110 g/mol. The molecule has 0 spiro atoms. The fourth-order valence-corrected chi connectivity index (χ4v) is 36.3. The van der Waals surface area contributed by atoms with E-state index in [-0.39, 0.29) is 0 Å². The Hall–Kier alpha value is -8.98. The molecule has 0 aliphatic carbocycles. The Morgan fingerprint density at radius 1 is 0.193 bits per heavy atom. The van der Waals surface area contributed by atoms with Gasteiger partial charge in [0.2, 0.25) is 0 Å². The van der Waals surface area contributed by atoms with Gasteiger partial charge in [-0.25, -0.2) is 19.9 Å². The summed E-state index contributed by atoms with van der Waals surface area (Å²) in [5.41, 5.74) is 6.75. The third kappa shape index (κ3) is 21.0. The molecule has 0 atom stereocenters. The van der Waals surface area contributed by atoms with Crippen molar-refractivity contribution in [3.8, 4) is 39.3 Å². The number of furan rings is 2. The van der Waals surface area contributed by atoms with Crippen molar-refractivity contribution in [2.24, 2.45) is 0 Å². The summed E-state index contributed by atoms with van der Waals surface area (Å²) in [5, 5.41) is 17.6. The molecule has 0 bridgehead atoms. The molecule has 0 aliphatic rings. The molecule has 0 radical (unpaired) electrons. The van der Waals surface area contributed by atoms with Gasteiger partial charge in [0.15, 0.2) is 10.0 Å². The average Bonchev–Trinajstić information content (AvgIpc) is 1.56. The SMILES string of the molecule is Cc1cc2cc3cc4sc(C)cc4cc3cc2s1.Cc1cc2cc3oc(C)cc3cc2o1.Cc1cc2cc3sc(C)cc3cc2s1.Cc1cc2sc3cc(C)sc3c2s1.Cc1ccc(-c2ccc(-c3ccc(C)s3)s2)s1.Cc1ccc(-c2ccc(C)s2)s1.Cc1ccc2c(c1)sc1c2sc2c3ccc(C)cc3sc21.Cc1cnc(-c2ncc(C)s2)s1.Cc1nc2cc3sc(C)nc3cc2s1. The van der Waals surface area contributed by atoms with E-state index in [1.807, 2.05) is 234 Å². The molecule has 0 amide bonds. The van der Waals surface area contributed by atoms with Crippen LogP contribution in [0.3, 0.4) is 0 Å². The molecule has 21 aromatic heterocycles. The Labute approximate surface area is 859 Å². The molecular weight excluding hydrogens is 2020 g/mol. The smallest absolute Gasteiger partial charge is 0.152 e. The van der Waals surface area contributed by atoms with E-state index < -0.39 is 0 Å². The molecule has 7 aromatic carbocycles. The molecule has 21 heterocycles. The van der Waals surface area contributed by atoms with Crippen molar-refractivity contribution in [3.05, 3.63) is 310 Å². The van der Waals surface area contributed by atoms with Gasteiger partial charge in [0.05, 0.1) is 58.6 Å². The van der Waals surface area contributed by atoms with Crippen molar-refractivity contribution < 1.29 is 8.83 Å². The first-order valence-electron chi connectivity index (χ1n) is 43.7. The van der Waals surface area contributed by atoms with Gasteiger partial charge in [0, 0.05) is 159 Å². The molecule has 0 saturated heterocycles. The van der Waals surface area contributed by atoms with Crippen molar-refractivity contribution in [3.63, 3.8) is 0 Å². The molecule has 28 aromatic rings. The summed E-state index contributed by atoms with van der Waals surface area (Å²) in [5.74, 6) is 1.87. The summed E-state index contributed by atoms with van der Waals surface area (Å²) in [4.78, 5) is 42.2. The Balaban J connectivity index is 0.0000000947. The Bertz CT molecular complexity index is 8110. The number of nitrogens with zero attached hydrogens (tertiary/aromatic N) is 4. The number of rotatable bonds is 4. The molecule has 135 heavy (non-hydrogen) atoms. The number of aryl methyl sites for hydroxylation is 18. The maximum absolute atomic E-state index is 5.54. The van der Waals surface area contributed by atoms with Crippen LogP contribution < -0.4 is 0 Å². The van der Waals surface area contributed by atoms with Crippen LogP contribution >= 0.6 is 215 Å². The summed E-state index contributed by atoms with van der Waals surface area (Å²) in [6.07, 6.45) is 3.77. The van der Waals surface area contributed by atoms with Gasteiger partial charge in [-0.2, -0.15) is 0 Å². The van der Waals surface area contributed by atoms with Gasteiger partial charge in [-0.05, 0) is 350 Å². The third-order valence-electron chi connectivity index (χ3n) is 22.1. The molecule has 0 N–H and O–H groups in total. The molecule has 0 unspecified atom stereocenters. The number of hydrogen-bond donors (Lipinski definition) is 0. The predicted octanol–water partition coefficient (Wildman–Crippen LogP) is 42.6. The molecule has 0 aliphatic heterocycles. The number of benzene rings is 7. The van der Waals surface area contributed by atoms with E-state index in [0.717, 1.165) is 64.5 Å². The number of thiazole rings is 4. The fraction of sp³-hybridized carbons (Fsp3) is 0.164. The fourth-order valence-electron chi connectivity index (χ4n) is 16.2. The van der Waals surface area contributed by atoms with Crippen LogP contribution in [-0.4, -0.2) is 19.9 Å². The topological polar surface area (TPSA) is 77.8 Å². The van der Waals surface area contributed by atoms with Crippen LogP contribution in [-0.2, 0) is 0 Å². The minimum Gasteiger partial charge on any atom is -0.461 e. The highest BCUT2D eigenvalue weighted by Crippen LogP contribution is 2.52. The third-order valence-corrected chi connectivity index (χ3v) is 43.2. The zero-order valence-electron chi connectivity index (χ0n) is 77.1. The van der Waals surface area contributed by atoms with Gasteiger partial charge in [-0.1, -0.05) is 24.3 Å². The van der Waals surface area contributed by atoms with Crippen molar-refractivity contribution in [1.29, 1.82) is 0 Å². The first-order chi connectivity index (χ1) is 65.0. The minimum atomic E-state index is 0.927. The van der Waals surface area contributed by atoms with Gasteiger partial charge >= 0.3 is 0 Å². The van der Waals surface area contributed by atoms with Crippen LogP contribution in [0.15, 0.2) is 227 Å². The number of fused-ring (bicyclic) bond motifs is 19. The van der Waals surface area contributed by atoms with Crippen LogP contribution in [0.4, 0.5) is 0 Å². The normalized spacial score (nSPS) is 11.5. The summed E-state index contributed by atoms with van der Waals surface area (Å²) < 4.78 is 33.8. The summed E-state index contributed by atoms with van der Waals surface area (Å²) >= 11 is 35.4. The second-order valence-electron chi connectivity index (χ2n) is 33.6. The van der Waals surface area contributed by atoms with E-state index in [2.05, 4.69) is 299 Å². The quantitative estimate of drug-likeness (QED) is 0.175. The van der Waals surface area contributed by atoms with E-state index in [0.29, 0.717) is 0 Å². The molecule has 676 valence electrons. The highest BCUT2D eigenvalue weighted by Gasteiger charge is 2.19. The van der Waals surface area contributed by atoms with Crippen LogP contribution in [0.5, 0.6) is 0 Å². The van der Waals surface area contributed by atoms with Crippen molar-refractivity contribution >= 4 is 367 Å².